The summed E-state index contributed by atoms with van der Waals surface area (Å²) >= 11 is 3.32. The summed E-state index contributed by atoms with van der Waals surface area (Å²) < 4.78 is 33.9. The minimum Gasteiger partial charge on any atom is -0.377 e. The van der Waals surface area contributed by atoms with E-state index in [1.807, 2.05) is 0 Å². The number of carbonyl (C=O) groups excluding carboxylic acids is 1. The maximum atomic E-state index is 13.1. The number of sulfonamides is 1. The van der Waals surface area contributed by atoms with Crippen LogP contribution in [0.1, 0.15) is 12.8 Å². The van der Waals surface area contributed by atoms with Gasteiger partial charge in [-0.05, 0) is 37.1 Å². The van der Waals surface area contributed by atoms with E-state index in [1.165, 1.54) is 4.31 Å². The van der Waals surface area contributed by atoms with E-state index in [9.17, 15) is 13.2 Å². The highest BCUT2D eigenvalue weighted by atomic mass is 79.9. The molecule has 3 rings (SSSR count). The van der Waals surface area contributed by atoms with E-state index >= 15 is 0 Å². The number of benzene rings is 1. The van der Waals surface area contributed by atoms with Gasteiger partial charge in [0.15, 0.2) is 0 Å². The molecule has 26 heavy (non-hydrogen) atoms. The van der Waals surface area contributed by atoms with Crippen LogP contribution in [0.2, 0.25) is 0 Å². The minimum absolute atomic E-state index is 0.155. The molecule has 1 atom stereocenters. The van der Waals surface area contributed by atoms with E-state index < -0.39 is 10.0 Å². The van der Waals surface area contributed by atoms with Crippen molar-refractivity contribution < 1.29 is 17.9 Å². The second kappa shape index (κ2) is 8.79. The molecular weight excluding hydrogens is 422 g/mol. The minimum atomic E-state index is -3.77. The Kier molecular flexibility index (Phi) is 6.68. The van der Waals surface area contributed by atoms with Gasteiger partial charge in [0.05, 0.1) is 17.5 Å². The molecule has 0 unspecified atom stereocenters. The Balaban J connectivity index is 1.79. The number of hydrogen-bond acceptors (Lipinski definition) is 5. The van der Waals surface area contributed by atoms with Crippen LogP contribution in [0.25, 0.3) is 0 Å². The number of rotatable bonds is 6. The number of ether oxygens (including phenoxy) is 1. The first-order valence-electron chi connectivity index (χ1n) is 8.82. The third kappa shape index (κ3) is 4.83. The third-order valence-corrected chi connectivity index (χ3v) is 7.02. The monoisotopic (exact) mass is 445 g/mol. The molecule has 2 heterocycles. The van der Waals surface area contributed by atoms with Crippen LogP contribution in [0.4, 0.5) is 0 Å². The van der Waals surface area contributed by atoms with Crippen molar-refractivity contribution >= 4 is 31.9 Å². The topological polar surface area (TPSA) is 79.0 Å². The molecule has 1 amide bonds. The van der Waals surface area contributed by atoms with Gasteiger partial charge >= 0.3 is 0 Å². The lowest BCUT2D eigenvalue weighted by Gasteiger charge is -2.31. The van der Waals surface area contributed by atoms with Gasteiger partial charge in [0.1, 0.15) is 0 Å². The third-order valence-electron chi connectivity index (χ3n) is 4.66. The molecule has 1 N–H and O–H groups in total. The molecule has 1 aromatic carbocycles. The molecule has 9 heteroatoms. The van der Waals surface area contributed by atoms with Crippen molar-refractivity contribution in [2.24, 2.45) is 0 Å². The van der Waals surface area contributed by atoms with E-state index in [0.717, 1.165) is 30.4 Å². The van der Waals surface area contributed by atoms with Crippen molar-refractivity contribution in [1.29, 1.82) is 0 Å². The molecule has 7 nitrogen and oxygen atoms in total. The fourth-order valence-electron chi connectivity index (χ4n) is 3.18. The molecular formula is C17H24BrN3O4S. The first-order chi connectivity index (χ1) is 12.5. The van der Waals surface area contributed by atoms with Crippen LogP contribution >= 0.6 is 15.9 Å². The van der Waals surface area contributed by atoms with Crippen molar-refractivity contribution in [3.63, 3.8) is 0 Å². The average Bonchev–Trinajstić information content (AvgIpc) is 3.15. The lowest BCUT2D eigenvalue weighted by molar-refractivity contribution is -0.132. The quantitative estimate of drug-likeness (QED) is 0.707. The van der Waals surface area contributed by atoms with Crippen molar-refractivity contribution in [2.75, 3.05) is 45.9 Å². The summed E-state index contributed by atoms with van der Waals surface area (Å²) in [5, 5.41) is 3.19. The zero-order chi connectivity index (χ0) is 18.6. The zero-order valence-electron chi connectivity index (χ0n) is 14.6. The lowest BCUT2D eigenvalue weighted by Crippen LogP contribution is -2.51. The molecule has 1 aromatic rings. The molecule has 2 aliphatic rings. The van der Waals surface area contributed by atoms with Gasteiger partial charge in [-0.25, -0.2) is 8.42 Å². The van der Waals surface area contributed by atoms with Crippen LogP contribution in [-0.2, 0) is 19.6 Å². The second-order valence-corrected chi connectivity index (χ2v) is 9.37. The summed E-state index contributed by atoms with van der Waals surface area (Å²) in [4.78, 5) is 14.6. The largest absolute Gasteiger partial charge is 0.377 e. The number of carbonyl (C=O) groups is 1. The summed E-state index contributed by atoms with van der Waals surface area (Å²) in [6.07, 6.45) is 1.58. The smallest absolute Gasteiger partial charge is 0.243 e. The lowest BCUT2D eigenvalue weighted by atomic mass is 10.2. The van der Waals surface area contributed by atoms with Crippen LogP contribution in [0, 0.1) is 0 Å². The Morgan fingerprint density at radius 3 is 2.58 bits per heavy atom. The van der Waals surface area contributed by atoms with Gasteiger partial charge in [-0.15, -0.1) is 0 Å². The molecule has 0 spiro atoms. The second-order valence-electron chi connectivity index (χ2n) is 6.52. The zero-order valence-corrected chi connectivity index (χ0v) is 17.0. The van der Waals surface area contributed by atoms with E-state index in [1.54, 1.807) is 29.2 Å². The number of halogens is 1. The summed E-state index contributed by atoms with van der Waals surface area (Å²) in [5.41, 5.74) is 0. The highest BCUT2D eigenvalue weighted by molar-refractivity contribution is 9.10. The summed E-state index contributed by atoms with van der Waals surface area (Å²) in [7, 11) is -3.77. The molecule has 2 aliphatic heterocycles. The number of piperazine rings is 1. The van der Waals surface area contributed by atoms with Crippen LogP contribution in [-0.4, -0.2) is 75.5 Å². The standard InChI is InChI=1S/C17H24BrN3O4S/c18-14-3-5-16(6-4-14)26(23,24)21(12-15-2-1-11-25-15)13-17(22)20-9-7-19-8-10-20/h3-6,15,19H,1-2,7-13H2/t15-/m1/s1. The predicted molar refractivity (Wildman–Crippen MR) is 101 cm³/mol. The van der Waals surface area contributed by atoms with Crippen molar-refractivity contribution in [1.82, 2.24) is 14.5 Å². The molecule has 0 aliphatic carbocycles. The normalized spacial score (nSPS) is 21.3. The number of nitrogens with zero attached hydrogens (tertiary/aromatic N) is 2. The van der Waals surface area contributed by atoms with Gasteiger partial charge in [0, 0.05) is 43.8 Å². The Labute approximate surface area is 162 Å². The van der Waals surface area contributed by atoms with E-state index in [-0.39, 0.29) is 30.0 Å². The Bertz CT molecular complexity index is 714. The maximum Gasteiger partial charge on any atom is 0.243 e. The van der Waals surface area contributed by atoms with Crippen molar-refractivity contribution in [2.45, 2.75) is 23.8 Å². The van der Waals surface area contributed by atoms with Gasteiger partial charge in [-0.1, -0.05) is 15.9 Å². The van der Waals surface area contributed by atoms with Gasteiger partial charge in [0.25, 0.3) is 0 Å². The van der Waals surface area contributed by atoms with Crippen LogP contribution in [0.15, 0.2) is 33.6 Å². The maximum absolute atomic E-state index is 13.1. The number of nitrogens with one attached hydrogen (secondary N) is 1. The van der Waals surface area contributed by atoms with E-state index in [2.05, 4.69) is 21.2 Å². The highest BCUT2D eigenvalue weighted by Gasteiger charge is 2.32. The SMILES string of the molecule is O=C(CN(C[C@H]1CCCO1)S(=O)(=O)c1ccc(Br)cc1)N1CCNCC1. The van der Waals surface area contributed by atoms with Crippen molar-refractivity contribution in [3.05, 3.63) is 28.7 Å². The van der Waals surface area contributed by atoms with E-state index in [0.29, 0.717) is 19.7 Å². The predicted octanol–water partition coefficient (Wildman–Crippen LogP) is 1.05. The highest BCUT2D eigenvalue weighted by Crippen LogP contribution is 2.22. The molecule has 0 aromatic heterocycles. The average molecular weight is 446 g/mol. The Morgan fingerprint density at radius 1 is 1.27 bits per heavy atom. The Hall–Kier alpha value is -1.00. The summed E-state index contributed by atoms with van der Waals surface area (Å²) in [6.45, 7) is 3.36. The Morgan fingerprint density at radius 2 is 1.96 bits per heavy atom. The van der Waals surface area contributed by atoms with Crippen LogP contribution in [0.3, 0.4) is 0 Å². The van der Waals surface area contributed by atoms with Crippen LogP contribution < -0.4 is 5.32 Å². The molecule has 144 valence electrons. The van der Waals surface area contributed by atoms with Crippen LogP contribution in [0.5, 0.6) is 0 Å². The van der Waals surface area contributed by atoms with Gasteiger partial charge in [-0.2, -0.15) is 4.31 Å². The van der Waals surface area contributed by atoms with E-state index in [4.69, 9.17) is 4.74 Å². The molecule has 2 saturated heterocycles. The first-order valence-corrected chi connectivity index (χ1v) is 11.1. The molecule has 2 fully saturated rings. The fraction of sp³-hybridized carbons (Fsp3) is 0.588. The first kappa shape index (κ1) is 19.8. The van der Waals surface area contributed by atoms with Gasteiger partial charge in [-0.3, -0.25) is 4.79 Å². The summed E-state index contributed by atoms with van der Waals surface area (Å²) in [6, 6.07) is 6.49. The van der Waals surface area contributed by atoms with Gasteiger partial charge < -0.3 is 15.0 Å². The van der Waals surface area contributed by atoms with Crippen molar-refractivity contribution in [3.8, 4) is 0 Å². The number of amides is 1. The number of hydrogen-bond donors (Lipinski definition) is 1. The molecule has 0 saturated carbocycles. The fourth-order valence-corrected chi connectivity index (χ4v) is 4.87. The van der Waals surface area contributed by atoms with Gasteiger partial charge in [0.2, 0.25) is 15.9 Å². The molecule has 0 radical (unpaired) electrons. The summed E-state index contributed by atoms with van der Waals surface area (Å²) in [5.74, 6) is -0.162. The molecule has 0 bridgehead atoms.